The van der Waals surface area contributed by atoms with Crippen molar-refractivity contribution in [1.29, 1.82) is 0 Å². The van der Waals surface area contributed by atoms with E-state index in [-0.39, 0.29) is 6.61 Å². The highest BCUT2D eigenvalue weighted by atomic mass is 35.5. The lowest BCUT2D eigenvalue weighted by atomic mass is 10.2. The summed E-state index contributed by atoms with van der Waals surface area (Å²) in [6.45, 7) is 4.70. The molecule has 0 bridgehead atoms. The Morgan fingerprint density at radius 1 is 2.00 bits per heavy atom. The molecule has 41 valence electrons. The van der Waals surface area contributed by atoms with Crippen LogP contribution in [0.5, 0.6) is 0 Å². The van der Waals surface area contributed by atoms with Crippen LogP contribution >= 0.6 is 11.6 Å². The highest BCUT2D eigenvalue weighted by molar-refractivity contribution is 6.25. The molecule has 0 heterocycles. The lowest BCUT2D eigenvalue weighted by Gasteiger charge is -2.08. The number of alkyl halides is 1. The first kappa shape index (κ1) is 6.99. The summed E-state index contributed by atoms with van der Waals surface area (Å²) in [5.74, 6) is 0. The third-order valence-electron chi connectivity index (χ3n) is 0.708. The molecule has 7 heavy (non-hydrogen) atoms. The molecule has 0 aromatic heterocycles. The van der Waals surface area contributed by atoms with Crippen molar-refractivity contribution in [3.05, 3.63) is 12.7 Å². The van der Waals surface area contributed by atoms with E-state index in [2.05, 4.69) is 6.58 Å². The van der Waals surface area contributed by atoms with Crippen LogP contribution in [0.25, 0.3) is 0 Å². The molecule has 1 unspecified atom stereocenters. The molecule has 1 atom stereocenters. The summed E-state index contributed by atoms with van der Waals surface area (Å²) in [7, 11) is 0. The number of halogens is 1. The van der Waals surface area contributed by atoms with Crippen LogP contribution in [0, 0.1) is 0 Å². The minimum Gasteiger partial charge on any atom is -0.234 e. The van der Waals surface area contributed by atoms with E-state index in [0.29, 0.717) is 0 Å². The number of hydrogen-bond donors (Lipinski definition) is 0. The zero-order chi connectivity index (χ0) is 5.91. The molecule has 0 aromatic rings. The van der Waals surface area contributed by atoms with Crippen molar-refractivity contribution in [2.75, 3.05) is 6.61 Å². The Labute approximate surface area is 48.6 Å². The maximum atomic E-state index is 9.98. The first-order chi connectivity index (χ1) is 3.12. The van der Waals surface area contributed by atoms with Gasteiger partial charge in [0.25, 0.3) is 0 Å². The third kappa shape index (κ3) is 2.66. The standard InChI is InChI=1S/C5H8ClO/c1-3-5(2,6)4-7/h3H,1,4H2,2H3. The van der Waals surface area contributed by atoms with Gasteiger partial charge in [0.15, 0.2) is 0 Å². The van der Waals surface area contributed by atoms with Crippen LogP contribution in [0.1, 0.15) is 6.92 Å². The maximum Gasteiger partial charge on any atom is 0.105 e. The molecule has 1 radical (unpaired) electrons. The summed E-state index contributed by atoms with van der Waals surface area (Å²) < 4.78 is 0. The van der Waals surface area contributed by atoms with Crippen molar-refractivity contribution < 1.29 is 5.11 Å². The Bertz CT molecular complexity index is 68.5. The Kier molecular flexibility index (Phi) is 2.33. The molecule has 0 fully saturated rings. The Morgan fingerprint density at radius 2 is 2.43 bits per heavy atom. The molecule has 0 saturated carbocycles. The topological polar surface area (TPSA) is 19.9 Å². The smallest absolute Gasteiger partial charge is 0.105 e. The van der Waals surface area contributed by atoms with Gasteiger partial charge in [0, 0.05) is 0 Å². The Morgan fingerprint density at radius 3 is 2.43 bits per heavy atom. The van der Waals surface area contributed by atoms with Gasteiger partial charge in [0.2, 0.25) is 0 Å². The zero-order valence-corrected chi connectivity index (χ0v) is 5.03. The van der Waals surface area contributed by atoms with E-state index in [1.54, 1.807) is 6.92 Å². The van der Waals surface area contributed by atoms with Crippen LogP contribution in [0.4, 0.5) is 0 Å². The van der Waals surface area contributed by atoms with Crippen LogP contribution in [0.2, 0.25) is 0 Å². The van der Waals surface area contributed by atoms with Crippen molar-refractivity contribution in [3.63, 3.8) is 0 Å². The van der Waals surface area contributed by atoms with Crippen LogP contribution in [-0.2, 0) is 5.11 Å². The van der Waals surface area contributed by atoms with Gasteiger partial charge in [-0.05, 0) is 6.92 Å². The molecule has 0 aliphatic carbocycles. The fourth-order valence-corrected chi connectivity index (χ4v) is 0.0589. The van der Waals surface area contributed by atoms with Gasteiger partial charge in [-0.25, -0.2) is 5.11 Å². The van der Waals surface area contributed by atoms with Crippen molar-refractivity contribution in [2.45, 2.75) is 11.8 Å². The third-order valence-corrected chi connectivity index (χ3v) is 0.971. The van der Waals surface area contributed by atoms with E-state index < -0.39 is 4.87 Å². The van der Waals surface area contributed by atoms with Gasteiger partial charge in [-0.3, -0.25) is 0 Å². The predicted octanol–water partition coefficient (Wildman–Crippen LogP) is 1.60. The lowest BCUT2D eigenvalue weighted by molar-refractivity contribution is 0.178. The molecule has 0 saturated heterocycles. The first-order valence-electron chi connectivity index (χ1n) is 2.03. The van der Waals surface area contributed by atoms with Crippen molar-refractivity contribution in [2.24, 2.45) is 0 Å². The highest BCUT2D eigenvalue weighted by Crippen LogP contribution is 2.12. The second kappa shape index (κ2) is 2.34. The Balaban J connectivity index is 3.58. The molecule has 1 nitrogen and oxygen atoms in total. The minimum atomic E-state index is -0.736. The summed E-state index contributed by atoms with van der Waals surface area (Å²) >= 11 is 5.47. The average Bonchev–Trinajstić information content (AvgIpc) is 1.68. The first-order valence-corrected chi connectivity index (χ1v) is 2.41. The van der Waals surface area contributed by atoms with Crippen LogP contribution in [-0.4, -0.2) is 11.5 Å². The van der Waals surface area contributed by atoms with E-state index in [4.69, 9.17) is 11.6 Å². The van der Waals surface area contributed by atoms with Gasteiger partial charge in [-0.1, -0.05) is 6.08 Å². The second-order valence-electron chi connectivity index (χ2n) is 1.63. The average molecular weight is 120 g/mol. The molecule has 0 amide bonds. The van der Waals surface area contributed by atoms with E-state index in [1.165, 1.54) is 6.08 Å². The fourth-order valence-electron chi connectivity index (χ4n) is 0.0589. The largest absolute Gasteiger partial charge is 0.234 e. The van der Waals surface area contributed by atoms with Crippen LogP contribution < -0.4 is 0 Å². The maximum absolute atomic E-state index is 9.98. The molecule has 2 heteroatoms. The van der Waals surface area contributed by atoms with Crippen molar-refractivity contribution >= 4 is 11.6 Å². The summed E-state index contributed by atoms with van der Waals surface area (Å²) in [5, 5.41) is 9.98. The molecule has 0 rings (SSSR count). The quantitative estimate of drug-likeness (QED) is 0.389. The monoisotopic (exact) mass is 119 g/mol. The molecule has 0 aliphatic rings. The number of hydrogen-bond acceptors (Lipinski definition) is 0. The molecule has 0 spiro atoms. The fraction of sp³-hybridized carbons (Fsp3) is 0.600. The van der Waals surface area contributed by atoms with Gasteiger partial charge >= 0.3 is 0 Å². The number of rotatable bonds is 2. The van der Waals surface area contributed by atoms with E-state index in [0.717, 1.165) is 0 Å². The second-order valence-corrected chi connectivity index (χ2v) is 2.49. The summed E-state index contributed by atoms with van der Waals surface area (Å²) in [6.07, 6.45) is 1.45. The molecule has 0 aromatic carbocycles. The highest BCUT2D eigenvalue weighted by Gasteiger charge is 2.13. The van der Waals surface area contributed by atoms with Crippen molar-refractivity contribution in [1.82, 2.24) is 0 Å². The molecule has 0 N–H and O–H groups in total. The zero-order valence-electron chi connectivity index (χ0n) is 4.28. The predicted molar refractivity (Wildman–Crippen MR) is 30.0 cm³/mol. The summed E-state index contributed by atoms with van der Waals surface area (Å²) in [4.78, 5) is -0.736. The van der Waals surface area contributed by atoms with E-state index in [9.17, 15) is 5.11 Å². The van der Waals surface area contributed by atoms with Crippen molar-refractivity contribution in [3.8, 4) is 0 Å². The van der Waals surface area contributed by atoms with Gasteiger partial charge in [0.1, 0.15) is 6.61 Å². The van der Waals surface area contributed by atoms with Gasteiger partial charge in [-0.2, -0.15) is 0 Å². The lowest BCUT2D eigenvalue weighted by Crippen LogP contribution is -2.15. The van der Waals surface area contributed by atoms with E-state index >= 15 is 0 Å². The summed E-state index contributed by atoms with van der Waals surface area (Å²) in [5.41, 5.74) is 0. The van der Waals surface area contributed by atoms with Crippen LogP contribution in [0.3, 0.4) is 0 Å². The van der Waals surface area contributed by atoms with Gasteiger partial charge in [-0.15, -0.1) is 18.2 Å². The Hall–Kier alpha value is -0.0100. The van der Waals surface area contributed by atoms with E-state index in [1.807, 2.05) is 0 Å². The molecular weight excluding hydrogens is 112 g/mol. The normalized spacial score (nSPS) is 18.1. The van der Waals surface area contributed by atoms with Gasteiger partial charge < -0.3 is 0 Å². The minimum absolute atomic E-state index is 0.307. The molecule has 0 aliphatic heterocycles. The molecular formula is C5H8ClO. The summed E-state index contributed by atoms with van der Waals surface area (Å²) in [6, 6.07) is 0. The SMILES string of the molecule is C=CC(C)(Cl)C[O]. The van der Waals surface area contributed by atoms with Gasteiger partial charge in [0.05, 0.1) is 4.87 Å². The van der Waals surface area contributed by atoms with Crippen LogP contribution in [0.15, 0.2) is 12.7 Å².